The summed E-state index contributed by atoms with van der Waals surface area (Å²) < 4.78 is 27.9. The number of allylic oxidation sites excluding steroid dienone is 4. The van der Waals surface area contributed by atoms with E-state index in [0.717, 1.165) is 25.0 Å². The molecular weight excluding hydrogens is 322 g/mol. The van der Waals surface area contributed by atoms with Gasteiger partial charge in [0.1, 0.15) is 17.7 Å². The van der Waals surface area contributed by atoms with Crippen molar-refractivity contribution in [2.24, 2.45) is 17.1 Å². The Morgan fingerprint density at radius 2 is 1.88 bits per heavy atom. The molecule has 0 fully saturated rings. The first-order chi connectivity index (χ1) is 12.0. The highest BCUT2D eigenvalue weighted by atomic mass is 19.1. The van der Waals surface area contributed by atoms with E-state index in [1.807, 2.05) is 24.3 Å². The van der Waals surface area contributed by atoms with E-state index in [9.17, 15) is 24.6 Å². The fraction of sp³-hybridized carbons (Fsp3) is 0.316. The lowest BCUT2D eigenvalue weighted by molar-refractivity contribution is 0.309. The Hall–Kier alpha value is -3.17. The van der Waals surface area contributed by atoms with E-state index < -0.39 is 28.9 Å². The van der Waals surface area contributed by atoms with Crippen LogP contribution in [0.5, 0.6) is 0 Å². The number of fused-ring (bicyclic) bond motifs is 1. The van der Waals surface area contributed by atoms with Gasteiger partial charge in [-0.25, -0.2) is 8.78 Å². The number of hydrogen-bond donors (Lipinski definition) is 1. The molecule has 0 unspecified atom stereocenters. The van der Waals surface area contributed by atoms with E-state index in [4.69, 9.17) is 5.73 Å². The summed E-state index contributed by atoms with van der Waals surface area (Å²) in [6, 6.07) is 8.94. The Morgan fingerprint density at radius 1 is 1.16 bits per heavy atom. The summed E-state index contributed by atoms with van der Waals surface area (Å²) in [6.45, 7) is 0. The highest BCUT2D eigenvalue weighted by molar-refractivity contribution is 5.59. The normalized spacial score (nSPS) is 24.4. The van der Waals surface area contributed by atoms with Crippen LogP contribution in [0.3, 0.4) is 0 Å². The maximum absolute atomic E-state index is 14.5. The smallest absolute Gasteiger partial charge is 0.191 e. The highest BCUT2D eigenvalue weighted by Gasteiger charge is 2.54. The zero-order valence-corrected chi connectivity index (χ0v) is 13.3. The van der Waals surface area contributed by atoms with Crippen LogP contribution >= 0.6 is 0 Å². The third kappa shape index (κ3) is 2.29. The molecule has 2 aliphatic carbocycles. The van der Waals surface area contributed by atoms with Crippen LogP contribution in [0.1, 0.15) is 30.7 Å². The minimum atomic E-state index is -1.87. The second kappa shape index (κ2) is 6.04. The molecular formula is C19H14F2N4. The van der Waals surface area contributed by atoms with E-state index in [-0.39, 0.29) is 16.8 Å². The summed E-state index contributed by atoms with van der Waals surface area (Å²) >= 11 is 0. The second-order valence-corrected chi connectivity index (χ2v) is 6.27. The minimum Gasteiger partial charge on any atom is -0.399 e. The van der Waals surface area contributed by atoms with Crippen LogP contribution in [-0.4, -0.2) is 0 Å². The van der Waals surface area contributed by atoms with Gasteiger partial charge in [0.05, 0.1) is 23.4 Å². The molecule has 0 aromatic heterocycles. The lowest BCUT2D eigenvalue weighted by Crippen LogP contribution is -2.43. The van der Waals surface area contributed by atoms with Gasteiger partial charge in [-0.05, 0) is 42.4 Å². The van der Waals surface area contributed by atoms with Gasteiger partial charge < -0.3 is 5.73 Å². The van der Waals surface area contributed by atoms with Gasteiger partial charge in [-0.3, -0.25) is 0 Å². The van der Waals surface area contributed by atoms with Crippen molar-refractivity contribution in [3.8, 4) is 18.2 Å². The average molecular weight is 336 g/mol. The Bertz CT molecular complexity index is 910. The number of rotatable bonds is 1. The van der Waals surface area contributed by atoms with E-state index in [1.54, 1.807) is 0 Å². The molecule has 0 heterocycles. The van der Waals surface area contributed by atoms with Crippen LogP contribution in [-0.2, 0) is 0 Å². The fourth-order valence-electron chi connectivity index (χ4n) is 3.97. The van der Waals surface area contributed by atoms with Gasteiger partial charge in [0.25, 0.3) is 0 Å². The van der Waals surface area contributed by atoms with Crippen molar-refractivity contribution < 1.29 is 8.78 Å². The summed E-state index contributed by atoms with van der Waals surface area (Å²) in [7, 11) is 0. The Balaban J connectivity index is 2.36. The molecule has 124 valence electrons. The third-order valence-corrected chi connectivity index (χ3v) is 5.10. The highest BCUT2D eigenvalue weighted by Crippen LogP contribution is 2.56. The van der Waals surface area contributed by atoms with E-state index in [0.29, 0.717) is 12.0 Å². The molecule has 3 rings (SSSR count). The lowest BCUT2D eigenvalue weighted by Gasteiger charge is -2.43. The van der Waals surface area contributed by atoms with Gasteiger partial charge in [-0.2, -0.15) is 15.8 Å². The molecule has 2 aliphatic rings. The first kappa shape index (κ1) is 16.7. The quantitative estimate of drug-likeness (QED) is 0.848. The fourth-order valence-corrected chi connectivity index (χ4v) is 3.97. The lowest BCUT2D eigenvalue weighted by atomic mass is 9.56. The molecule has 0 amide bonds. The molecule has 0 spiro atoms. The molecule has 1 aromatic carbocycles. The molecule has 2 atom stereocenters. The maximum Gasteiger partial charge on any atom is 0.191 e. The van der Waals surface area contributed by atoms with Crippen molar-refractivity contribution in [2.75, 3.05) is 0 Å². The number of halogens is 2. The van der Waals surface area contributed by atoms with Gasteiger partial charge in [-0.1, -0.05) is 12.1 Å². The van der Waals surface area contributed by atoms with Crippen LogP contribution in [0.4, 0.5) is 8.78 Å². The Kier molecular flexibility index (Phi) is 4.03. The predicted octanol–water partition coefficient (Wildman–Crippen LogP) is 3.56. The van der Waals surface area contributed by atoms with Crippen LogP contribution in [0.15, 0.2) is 41.1 Å². The van der Waals surface area contributed by atoms with E-state index in [1.165, 1.54) is 6.07 Å². The number of hydrogen-bond acceptors (Lipinski definition) is 4. The molecule has 0 radical (unpaired) electrons. The number of nitrogens with zero attached hydrogens (tertiary/aromatic N) is 3. The Labute approximate surface area is 144 Å². The van der Waals surface area contributed by atoms with Gasteiger partial charge >= 0.3 is 0 Å². The first-order valence-electron chi connectivity index (χ1n) is 7.88. The monoisotopic (exact) mass is 336 g/mol. The summed E-state index contributed by atoms with van der Waals surface area (Å²) in [6.07, 6.45) is 4.00. The number of nitriles is 3. The van der Waals surface area contributed by atoms with Crippen molar-refractivity contribution in [3.63, 3.8) is 0 Å². The van der Waals surface area contributed by atoms with E-state index >= 15 is 0 Å². The zero-order chi connectivity index (χ0) is 18.2. The molecule has 6 heteroatoms. The second-order valence-electron chi connectivity index (χ2n) is 6.27. The molecule has 25 heavy (non-hydrogen) atoms. The molecule has 0 saturated carbocycles. The molecule has 4 nitrogen and oxygen atoms in total. The molecule has 2 N–H and O–H groups in total. The molecule has 0 aliphatic heterocycles. The van der Waals surface area contributed by atoms with Crippen LogP contribution in [0.25, 0.3) is 0 Å². The third-order valence-electron chi connectivity index (χ3n) is 5.10. The maximum atomic E-state index is 14.5. The SMILES string of the molecule is N#CC1=C(N)C(C#N)(C#N)[C@H](c2ccc(F)cc2F)[C@H]2CCCC=C12. The number of nitrogens with two attached hydrogens (primary N) is 1. The summed E-state index contributed by atoms with van der Waals surface area (Å²) in [5.74, 6) is -2.85. The summed E-state index contributed by atoms with van der Waals surface area (Å²) in [5.41, 5.74) is 4.91. The van der Waals surface area contributed by atoms with Gasteiger partial charge in [0.2, 0.25) is 0 Å². The first-order valence-corrected chi connectivity index (χ1v) is 7.88. The predicted molar refractivity (Wildman–Crippen MR) is 85.0 cm³/mol. The summed E-state index contributed by atoms with van der Waals surface area (Å²) in [4.78, 5) is 0. The minimum absolute atomic E-state index is 0.0715. The van der Waals surface area contributed by atoms with Crippen LogP contribution < -0.4 is 5.73 Å². The van der Waals surface area contributed by atoms with Gasteiger partial charge in [0, 0.05) is 12.0 Å². The van der Waals surface area contributed by atoms with E-state index in [2.05, 4.69) is 0 Å². The number of benzene rings is 1. The van der Waals surface area contributed by atoms with Crippen LogP contribution in [0, 0.1) is 57.0 Å². The van der Waals surface area contributed by atoms with Crippen molar-refractivity contribution in [1.82, 2.24) is 0 Å². The van der Waals surface area contributed by atoms with Crippen molar-refractivity contribution in [2.45, 2.75) is 25.2 Å². The van der Waals surface area contributed by atoms with Crippen molar-refractivity contribution in [3.05, 3.63) is 58.3 Å². The Morgan fingerprint density at radius 3 is 2.48 bits per heavy atom. The zero-order valence-electron chi connectivity index (χ0n) is 13.3. The average Bonchev–Trinajstić information content (AvgIpc) is 2.62. The van der Waals surface area contributed by atoms with Crippen molar-refractivity contribution >= 4 is 0 Å². The van der Waals surface area contributed by atoms with Gasteiger partial charge in [0.15, 0.2) is 5.41 Å². The van der Waals surface area contributed by atoms with Crippen LogP contribution in [0.2, 0.25) is 0 Å². The van der Waals surface area contributed by atoms with Gasteiger partial charge in [-0.15, -0.1) is 0 Å². The standard InChI is InChI=1S/C19H14F2N4/c20-11-5-6-14(16(21)7-11)17-13-4-2-1-3-12(13)15(8-22)18(25)19(17,9-23)10-24/h3,5-7,13,17H,1-2,4,25H2/t13-,17-/m0/s1. The van der Waals surface area contributed by atoms with Crippen molar-refractivity contribution in [1.29, 1.82) is 15.8 Å². The molecule has 1 aromatic rings. The topological polar surface area (TPSA) is 97.4 Å². The molecule has 0 saturated heterocycles. The molecule has 0 bridgehead atoms. The summed E-state index contributed by atoms with van der Waals surface area (Å²) in [5, 5.41) is 29.1. The largest absolute Gasteiger partial charge is 0.399 e.